The summed E-state index contributed by atoms with van der Waals surface area (Å²) in [5, 5.41) is 12.6. The first-order valence-corrected chi connectivity index (χ1v) is 8.75. The quantitative estimate of drug-likeness (QED) is 0.686. The molecule has 0 saturated carbocycles. The summed E-state index contributed by atoms with van der Waals surface area (Å²) in [5.74, 6) is 0.244. The summed E-state index contributed by atoms with van der Waals surface area (Å²) in [6.07, 6.45) is 0.964. The third-order valence-corrected chi connectivity index (χ3v) is 4.78. The van der Waals surface area contributed by atoms with E-state index in [1.54, 1.807) is 0 Å². The van der Waals surface area contributed by atoms with Crippen molar-refractivity contribution in [2.45, 2.75) is 38.8 Å². The van der Waals surface area contributed by atoms with Crippen molar-refractivity contribution in [1.82, 2.24) is 20.0 Å². The molecule has 0 aromatic carbocycles. The van der Waals surface area contributed by atoms with Crippen LogP contribution in [-0.4, -0.2) is 96.1 Å². The molecule has 0 bridgehead atoms. The smallest absolute Gasteiger partial charge is 0.239 e. The maximum Gasteiger partial charge on any atom is 0.239 e. The van der Waals surface area contributed by atoms with Crippen LogP contribution in [0.3, 0.4) is 0 Å². The summed E-state index contributed by atoms with van der Waals surface area (Å²) >= 11 is 0. The van der Waals surface area contributed by atoms with Crippen molar-refractivity contribution in [3.8, 4) is 0 Å². The fraction of sp³-hybridized carbons (Fsp3) is 0.875. The molecule has 7 nitrogen and oxygen atoms in total. The van der Waals surface area contributed by atoms with E-state index < -0.39 is 6.10 Å². The number of aliphatic hydroxyl groups is 1. The van der Waals surface area contributed by atoms with E-state index in [9.17, 15) is 14.7 Å². The van der Waals surface area contributed by atoms with Gasteiger partial charge in [-0.2, -0.15) is 0 Å². The molecule has 0 radical (unpaired) electrons. The van der Waals surface area contributed by atoms with Gasteiger partial charge in [-0.1, -0.05) is 0 Å². The maximum absolute atomic E-state index is 12.5. The van der Waals surface area contributed by atoms with Crippen LogP contribution in [0.2, 0.25) is 0 Å². The van der Waals surface area contributed by atoms with Gasteiger partial charge in [-0.15, -0.1) is 0 Å². The van der Waals surface area contributed by atoms with E-state index in [-0.39, 0.29) is 17.9 Å². The molecule has 2 aliphatic rings. The lowest BCUT2D eigenvalue weighted by Crippen LogP contribution is -2.45. The molecule has 0 aromatic heterocycles. The second-order valence-electron chi connectivity index (χ2n) is 6.37. The Morgan fingerprint density at radius 1 is 1.17 bits per heavy atom. The van der Waals surface area contributed by atoms with Gasteiger partial charge in [0.25, 0.3) is 0 Å². The SMILES string of the molecule is CCN(CC)C(=O)CN1CCCN(C(=O)C2CC(O)CN2)CC1. The molecule has 0 spiro atoms. The third kappa shape index (κ3) is 4.89. The number of nitrogens with zero attached hydrogens (tertiary/aromatic N) is 3. The van der Waals surface area contributed by atoms with Crippen LogP contribution in [0.25, 0.3) is 0 Å². The van der Waals surface area contributed by atoms with Crippen LogP contribution < -0.4 is 5.32 Å². The van der Waals surface area contributed by atoms with Gasteiger partial charge in [-0.3, -0.25) is 14.5 Å². The number of amides is 2. The van der Waals surface area contributed by atoms with Crippen LogP contribution in [0.1, 0.15) is 26.7 Å². The first-order valence-electron chi connectivity index (χ1n) is 8.75. The minimum Gasteiger partial charge on any atom is -0.392 e. The molecule has 2 atom stereocenters. The van der Waals surface area contributed by atoms with E-state index in [2.05, 4.69) is 10.2 Å². The molecule has 2 fully saturated rings. The van der Waals surface area contributed by atoms with Crippen LogP contribution in [0, 0.1) is 0 Å². The second-order valence-corrected chi connectivity index (χ2v) is 6.37. The summed E-state index contributed by atoms with van der Waals surface area (Å²) in [4.78, 5) is 30.6. The highest BCUT2D eigenvalue weighted by atomic mass is 16.3. The first kappa shape index (κ1) is 18.2. The molecule has 2 N–H and O–H groups in total. The van der Waals surface area contributed by atoms with Gasteiger partial charge in [-0.25, -0.2) is 0 Å². The third-order valence-electron chi connectivity index (χ3n) is 4.78. The largest absolute Gasteiger partial charge is 0.392 e. The van der Waals surface area contributed by atoms with Crippen molar-refractivity contribution in [2.24, 2.45) is 0 Å². The Bertz CT molecular complexity index is 414. The summed E-state index contributed by atoms with van der Waals surface area (Å²) in [7, 11) is 0. The fourth-order valence-electron chi connectivity index (χ4n) is 3.34. The van der Waals surface area contributed by atoms with Crippen molar-refractivity contribution in [2.75, 3.05) is 52.4 Å². The second kappa shape index (κ2) is 8.61. The zero-order chi connectivity index (χ0) is 16.8. The van der Waals surface area contributed by atoms with Crippen LogP contribution >= 0.6 is 0 Å². The van der Waals surface area contributed by atoms with E-state index >= 15 is 0 Å². The zero-order valence-corrected chi connectivity index (χ0v) is 14.3. The monoisotopic (exact) mass is 326 g/mol. The van der Waals surface area contributed by atoms with Crippen LogP contribution in [0.4, 0.5) is 0 Å². The summed E-state index contributed by atoms with van der Waals surface area (Å²) in [5.41, 5.74) is 0. The lowest BCUT2D eigenvalue weighted by atomic mass is 10.2. The van der Waals surface area contributed by atoms with E-state index in [0.29, 0.717) is 26.1 Å². The highest BCUT2D eigenvalue weighted by Crippen LogP contribution is 2.12. The highest BCUT2D eigenvalue weighted by Gasteiger charge is 2.32. The molecule has 2 heterocycles. The highest BCUT2D eigenvalue weighted by molar-refractivity contribution is 5.82. The molecule has 2 rings (SSSR count). The molecule has 0 aliphatic carbocycles. The van der Waals surface area contributed by atoms with Crippen molar-refractivity contribution in [3.63, 3.8) is 0 Å². The Balaban J connectivity index is 1.82. The van der Waals surface area contributed by atoms with E-state index in [1.807, 2.05) is 23.6 Å². The normalized spacial score (nSPS) is 26.1. The molecular formula is C16H30N4O3. The number of likely N-dealkylation sites (N-methyl/N-ethyl adjacent to an activating group) is 1. The first-order chi connectivity index (χ1) is 11.0. The molecule has 132 valence electrons. The minimum atomic E-state index is -0.417. The van der Waals surface area contributed by atoms with Crippen LogP contribution in [-0.2, 0) is 9.59 Å². The van der Waals surface area contributed by atoms with Gasteiger partial charge in [0.15, 0.2) is 0 Å². The number of hydrogen-bond donors (Lipinski definition) is 2. The van der Waals surface area contributed by atoms with Gasteiger partial charge >= 0.3 is 0 Å². The van der Waals surface area contributed by atoms with Gasteiger partial charge in [-0.05, 0) is 26.7 Å². The molecule has 2 saturated heterocycles. The predicted molar refractivity (Wildman–Crippen MR) is 88.0 cm³/mol. The Morgan fingerprint density at radius 2 is 1.91 bits per heavy atom. The number of carbonyl (C=O) groups is 2. The van der Waals surface area contributed by atoms with Crippen LogP contribution in [0.5, 0.6) is 0 Å². The van der Waals surface area contributed by atoms with Crippen LogP contribution in [0.15, 0.2) is 0 Å². The minimum absolute atomic E-state index is 0.0819. The van der Waals surface area contributed by atoms with Gasteiger partial charge in [0.1, 0.15) is 0 Å². The van der Waals surface area contributed by atoms with Crippen molar-refractivity contribution in [1.29, 1.82) is 0 Å². The molecular weight excluding hydrogens is 296 g/mol. The molecule has 2 aliphatic heterocycles. The molecule has 2 amide bonds. The van der Waals surface area contributed by atoms with E-state index in [0.717, 1.165) is 39.1 Å². The molecule has 0 aromatic rings. The lowest BCUT2D eigenvalue weighted by molar-refractivity contribution is -0.133. The topological polar surface area (TPSA) is 76.1 Å². The van der Waals surface area contributed by atoms with Crippen molar-refractivity contribution < 1.29 is 14.7 Å². The Kier molecular flexibility index (Phi) is 6.80. The van der Waals surface area contributed by atoms with Crippen molar-refractivity contribution >= 4 is 11.8 Å². The number of carbonyl (C=O) groups excluding carboxylic acids is 2. The van der Waals surface area contributed by atoms with Crippen molar-refractivity contribution in [3.05, 3.63) is 0 Å². The number of rotatable bonds is 5. The number of hydrogen-bond acceptors (Lipinski definition) is 5. The standard InChI is InChI=1S/C16H30N4O3/c1-3-19(4-2)15(22)12-18-6-5-7-20(9-8-18)16(23)14-10-13(21)11-17-14/h13-14,17,21H,3-12H2,1-2H3. The maximum atomic E-state index is 12.5. The van der Waals surface area contributed by atoms with E-state index in [1.165, 1.54) is 0 Å². The van der Waals surface area contributed by atoms with Gasteiger partial charge in [0.2, 0.25) is 11.8 Å². The summed E-state index contributed by atoms with van der Waals surface area (Å²) in [6, 6.07) is -0.256. The Hall–Kier alpha value is -1.18. The average molecular weight is 326 g/mol. The number of nitrogens with one attached hydrogen (secondary N) is 1. The Labute approximate surface area is 138 Å². The number of β-amino-alcohol motifs (C(OH)–C–C–N with tert-alkyl or cyclic N) is 1. The number of aliphatic hydroxyl groups excluding tert-OH is 1. The zero-order valence-electron chi connectivity index (χ0n) is 14.3. The van der Waals surface area contributed by atoms with Gasteiger partial charge < -0.3 is 20.2 Å². The predicted octanol–water partition coefficient (Wildman–Crippen LogP) is -0.888. The van der Waals surface area contributed by atoms with Gasteiger partial charge in [0.05, 0.1) is 18.7 Å². The summed E-state index contributed by atoms with van der Waals surface area (Å²) < 4.78 is 0. The molecule has 23 heavy (non-hydrogen) atoms. The molecule has 7 heteroatoms. The van der Waals surface area contributed by atoms with Gasteiger partial charge in [0, 0.05) is 45.8 Å². The fourth-order valence-corrected chi connectivity index (χ4v) is 3.34. The lowest BCUT2D eigenvalue weighted by Gasteiger charge is -2.26. The summed E-state index contributed by atoms with van der Waals surface area (Å²) in [6.45, 7) is 9.35. The average Bonchev–Trinajstić information content (AvgIpc) is 2.83. The Morgan fingerprint density at radius 3 is 2.52 bits per heavy atom. The molecule has 2 unspecified atom stereocenters. The van der Waals surface area contributed by atoms with E-state index in [4.69, 9.17) is 0 Å².